The molecule has 0 unspecified atom stereocenters. The van der Waals surface area contributed by atoms with Gasteiger partial charge in [0, 0.05) is 5.18 Å². The van der Waals surface area contributed by atoms with E-state index in [9.17, 15) is 9.70 Å². The lowest BCUT2D eigenvalue weighted by Gasteiger charge is -1.99. The van der Waals surface area contributed by atoms with Crippen molar-refractivity contribution < 1.29 is 5.21 Å². The lowest BCUT2D eigenvalue weighted by molar-refractivity contribution is 0.388. The Morgan fingerprint density at radius 3 is 2.75 bits per heavy atom. The van der Waals surface area contributed by atoms with E-state index in [2.05, 4.69) is 10.2 Å². The summed E-state index contributed by atoms with van der Waals surface area (Å²) in [7, 11) is 0. The lowest BCUT2D eigenvalue weighted by atomic mass is 10.5. The topological polar surface area (TPSA) is 133 Å². The summed E-state index contributed by atoms with van der Waals surface area (Å²) in [6.45, 7) is 0. The van der Waals surface area contributed by atoms with Crippen molar-refractivity contribution in [1.29, 1.82) is 0 Å². The Bertz CT molecular complexity index is 358. The third kappa shape index (κ3) is 1.22. The van der Waals surface area contributed by atoms with Crippen LogP contribution in [0.2, 0.25) is 0 Å². The second kappa shape index (κ2) is 2.96. The zero-order chi connectivity index (χ0) is 9.14. The number of hydrogen-bond acceptors (Lipinski definition) is 7. The summed E-state index contributed by atoms with van der Waals surface area (Å²) in [6.07, 6.45) is 0. The molecule has 0 amide bonds. The Labute approximate surface area is 65.4 Å². The number of nitrogens with zero attached hydrogens (tertiary/aromatic N) is 2. The molecule has 12 heavy (non-hydrogen) atoms. The molecular weight excluding hydrogens is 166 g/mol. The van der Waals surface area contributed by atoms with Crippen LogP contribution in [0.1, 0.15) is 0 Å². The number of H-pyrrole nitrogens is 1. The number of aromatic amines is 1. The average molecular weight is 171 g/mol. The fraction of sp³-hybridized carbons (Fsp3) is 0. The van der Waals surface area contributed by atoms with Gasteiger partial charge in [-0.2, -0.15) is 4.98 Å². The van der Waals surface area contributed by atoms with E-state index in [1.54, 1.807) is 0 Å². The van der Waals surface area contributed by atoms with Crippen LogP contribution in [0.3, 0.4) is 0 Å². The molecule has 1 aromatic rings. The molecule has 1 aromatic heterocycles. The molecule has 0 fully saturated rings. The van der Waals surface area contributed by atoms with Crippen molar-refractivity contribution in [2.75, 3.05) is 11.2 Å². The summed E-state index contributed by atoms with van der Waals surface area (Å²) in [5.74, 6) is -0.729. The van der Waals surface area contributed by atoms with Crippen LogP contribution in [0.4, 0.5) is 17.5 Å². The van der Waals surface area contributed by atoms with Crippen LogP contribution in [0.25, 0.3) is 0 Å². The van der Waals surface area contributed by atoms with Crippen LogP contribution in [0.5, 0.6) is 0 Å². The highest BCUT2D eigenvalue weighted by Gasteiger charge is 2.07. The number of rotatable bonds is 2. The van der Waals surface area contributed by atoms with E-state index in [0.29, 0.717) is 0 Å². The van der Waals surface area contributed by atoms with Crippen molar-refractivity contribution >= 4 is 17.5 Å². The summed E-state index contributed by atoms with van der Waals surface area (Å²) >= 11 is 0. The van der Waals surface area contributed by atoms with Crippen LogP contribution in [-0.4, -0.2) is 15.2 Å². The molecule has 0 spiro atoms. The number of nitroso groups, excluding NO2 is 1. The van der Waals surface area contributed by atoms with Crippen molar-refractivity contribution in [3.8, 4) is 0 Å². The van der Waals surface area contributed by atoms with E-state index in [0.717, 1.165) is 0 Å². The number of hydrogen-bond donors (Lipinski definition) is 4. The molecule has 0 aliphatic heterocycles. The Hall–Kier alpha value is -1.96. The number of nitrogens with one attached hydrogen (secondary N) is 2. The summed E-state index contributed by atoms with van der Waals surface area (Å²) in [6, 6.07) is 0. The summed E-state index contributed by atoms with van der Waals surface area (Å²) in [4.78, 5) is 26.1. The number of aromatic nitrogens is 2. The zero-order valence-electron chi connectivity index (χ0n) is 5.74. The standard InChI is InChI=1S/C4H5N5O3/c5-2-1(8-11)3(10)7-4(6-2)9-12/h8,11H,(H3,5,6,7,10). The minimum atomic E-state index is -0.764. The highest BCUT2D eigenvalue weighted by molar-refractivity contribution is 5.59. The van der Waals surface area contributed by atoms with E-state index < -0.39 is 11.5 Å². The van der Waals surface area contributed by atoms with Crippen molar-refractivity contribution in [1.82, 2.24) is 9.97 Å². The normalized spacial score (nSPS) is 9.42. The molecular formula is C4H5N5O3. The van der Waals surface area contributed by atoms with E-state index in [1.165, 1.54) is 5.48 Å². The van der Waals surface area contributed by atoms with Gasteiger partial charge in [-0.25, -0.2) is 0 Å². The molecule has 0 aliphatic carbocycles. The van der Waals surface area contributed by atoms with E-state index in [1.807, 2.05) is 4.98 Å². The minimum Gasteiger partial charge on any atom is -0.382 e. The van der Waals surface area contributed by atoms with E-state index in [4.69, 9.17) is 10.9 Å². The molecule has 0 aromatic carbocycles. The summed E-state index contributed by atoms with van der Waals surface area (Å²) in [5, 5.41) is 10.7. The van der Waals surface area contributed by atoms with Gasteiger partial charge in [0.05, 0.1) is 0 Å². The molecule has 1 rings (SSSR count). The van der Waals surface area contributed by atoms with Crippen molar-refractivity contribution in [2.45, 2.75) is 0 Å². The number of anilines is 2. The second-order valence-electron chi connectivity index (χ2n) is 1.85. The summed E-state index contributed by atoms with van der Waals surface area (Å²) < 4.78 is 0. The molecule has 0 radical (unpaired) electrons. The molecule has 0 saturated heterocycles. The molecule has 0 atom stereocenters. The summed E-state index contributed by atoms with van der Waals surface area (Å²) in [5.41, 5.74) is 5.61. The Balaban J connectivity index is 3.37. The van der Waals surface area contributed by atoms with Crippen LogP contribution >= 0.6 is 0 Å². The molecule has 5 N–H and O–H groups in total. The maximum absolute atomic E-state index is 10.9. The minimum absolute atomic E-state index is 0.296. The van der Waals surface area contributed by atoms with Crippen LogP contribution in [-0.2, 0) is 0 Å². The monoisotopic (exact) mass is 171 g/mol. The van der Waals surface area contributed by atoms with Gasteiger partial charge in [0.15, 0.2) is 11.5 Å². The smallest absolute Gasteiger partial charge is 0.280 e. The van der Waals surface area contributed by atoms with Crippen LogP contribution in [0.15, 0.2) is 9.97 Å². The van der Waals surface area contributed by atoms with Gasteiger partial charge in [-0.15, -0.1) is 4.91 Å². The zero-order valence-corrected chi connectivity index (χ0v) is 5.74. The molecule has 8 nitrogen and oxygen atoms in total. The van der Waals surface area contributed by atoms with E-state index in [-0.39, 0.29) is 11.5 Å². The maximum Gasteiger partial charge on any atom is 0.280 e. The highest BCUT2D eigenvalue weighted by Crippen LogP contribution is 2.10. The predicted molar refractivity (Wildman–Crippen MR) is 40.1 cm³/mol. The third-order valence-electron chi connectivity index (χ3n) is 1.13. The fourth-order valence-electron chi connectivity index (χ4n) is 0.630. The number of nitrogens with two attached hydrogens (primary N) is 1. The molecule has 1 heterocycles. The van der Waals surface area contributed by atoms with Crippen LogP contribution < -0.4 is 16.8 Å². The first-order chi connectivity index (χ1) is 5.69. The van der Waals surface area contributed by atoms with Gasteiger partial charge in [0.2, 0.25) is 0 Å². The van der Waals surface area contributed by atoms with Crippen LogP contribution in [0, 0.1) is 4.91 Å². The average Bonchev–Trinajstić information content (AvgIpc) is 2.03. The van der Waals surface area contributed by atoms with Gasteiger partial charge in [-0.3, -0.25) is 20.5 Å². The van der Waals surface area contributed by atoms with Gasteiger partial charge in [0.1, 0.15) is 0 Å². The fourth-order valence-corrected chi connectivity index (χ4v) is 0.630. The van der Waals surface area contributed by atoms with Crippen molar-refractivity contribution in [3.63, 3.8) is 0 Å². The van der Waals surface area contributed by atoms with Gasteiger partial charge < -0.3 is 5.73 Å². The molecule has 8 heteroatoms. The largest absolute Gasteiger partial charge is 0.382 e. The molecule has 64 valence electrons. The molecule has 0 aliphatic rings. The Morgan fingerprint density at radius 1 is 1.67 bits per heavy atom. The number of nitrogen functional groups attached to an aromatic ring is 1. The predicted octanol–water partition coefficient (Wildman–Crippen LogP) is -0.449. The van der Waals surface area contributed by atoms with Crippen molar-refractivity contribution in [3.05, 3.63) is 15.3 Å². The lowest BCUT2D eigenvalue weighted by Crippen LogP contribution is -2.15. The highest BCUT2D eigenvalue weighted by atomic mass is 16.5. The molecule has 0 saturated carbocycles. The van der Waals surface area contributed by atoms with Gasteiger partial charge in [-0.05, 0) is 0 Å². The second-order valence-corrected chi connectivity index (χ2v) is 1.85. The van der Waals surface area contributed by atoms with Gasteiger partial charge in [-0.1, -0.05) is 0 Å². The Kier molecular flexibility index (Phi) is 2.01. The molecule has 0 bridgehead atoms. The van der Waals surface area contributed by atoms with E-state index >= 15 is 0 Å². The first kappa shape index (κ1) is 8.14. The maximum atomic E-state index is 10.9. The van der Waals surface area contributed by atoms with Crippen molar-refractivity contribution in [2.24, 2.45) is 5.18 Å². The Morgan fingerprint density at radius 2 is 2.33 bits per heavy atom. The first-order valence-corrected chi connectivity index (χ1v) is 2.82. The quantitative estimate of drug-likeness (QED) is 0.351. The van der Waals surface area contributed by atoms with Gasteiger partial charge in [0.25, 0.3) is 11.5 Å². The first-order valence-electron chi connectivity index (χ1n) is 2.82. The SMILES string of the molecule is Nc1nc(N=O)[nH]c(=O)c1NO. The van der Waals surface area contributed by atoms with Gasteiger partial charge >= 0.3 is 0 Å². The third-order valence-corrected chi connectivity index (χ3v) is 1.13.